The van der Waals surface area contributed by atoms with E-state index in [4.69, 9.17) is 21.9 Å². The minimum Gasteiger partial charge on any atom is -0.379 e. The van der Waals surface area contributed by atoms with Crippen molar-refractivity contribution >= 4 is 17.7 Å². The molecule has 8 heteroatoms. The maximum absolute atomic E-state index is 12.0. The molecule has 0 spiro atoms. The predicted molar refractivity (Wildman–Crippen MR) is 57.3 cm³/mol. The summed E-state index contributed by atoms with van der Waals surface area (Å²) in [4.78, 5) is 34.6. The molecule has 1 aliphatic rings. The molecule has 0 aromatic carbocycles. The van der Waals surface area contributed by atoms with Gasteiger partial charge in [0, 0.05) is 6.04 Å². The van der Waals surface area contributed by atoms with E-state index >= 15 is 0 Å². The highest BCUT2D eigenvalue weighted by molar-refractivity contribution is 5.89. The summed E-state index contributed by atoms with van der Waals surface area (Å²) in [6, 6.07) is -0.439. The second-order valence-electron chi connectivity index (χ2n) is 3.93. The molecule has 96 valence electrons. The number of primary amides is 2. The average molecular weight is 244 g/mol. The number of carbonyl (C=O) groups is 3. The van der Waals surface area contributed by atoms with Crippen molar-refractivity contribution in [3.05, 3.63) is 0 Å². The molecule has 1 heterocycles. The normalized spacial score (nSPS) is 23.4. The Labute approximate surface area is 98.0 Å². The van der Waals surface area contributed by atoms with Crippen LogP contribution in [0.1, 0.15) is 0 Å². The first-order valence-corrected chi connectivity index (χ1v) is 5.10. The van der Waals surface area contributed by atoms with Crippen LogP contribution in [0.2, 0.25) is 0 Å². The quantitative estimate of drug-likeness (QED) is 0.466. The zero-order valence-electron chi connectivity index (χ0n) is 9.30. The third-order valence-corrected chi connectivity index (χ3v) is 2.45. The summed E-state index contributed by atoms with van der Waals surface area (Å²) in [6.07, 6.45) is 0. The summed E-state index contributed by atoms with van der Waals surface area (Å²) in [5.74, 6) is -2.43. The SMILES string of the molecule is NC(=O)CN(CC(N)=O)C(=O)C1COCC1N. The van der Waals surface area contributed by atoms with Gasteiger partial charge in [-0.2, -0.15) is 0 Å². The first kappa shape index (κ1) is 13.4. The van der Waals surface area contributed by atoms with Crippen molar-refractivity contribution in [2.24, 2.45) is 23.1 Å². The Morgan fingerprint density at radius 3 is 2.00 bits per heavy atom. The molecule has 2 unspecified atom stereocenters. The van der Waals surface area contributed by atoms with Gasteiger partial charge in [0.25, 0.3) is 0 Å². The number of nitrogens with two attached hydrogens (primary N) is 3. The maximum atomic E-state index is 12.0. The number of hydrogen-bond donors (Lipinski definition) is 3. The number of hydrogen-bond acceptors (Lipinski definition) is 5. The fourth-order valence-electron chi connectivity index (χ4n) is 1.65. The topological polar surface area (TPSA) is 142 Å². The summed E-state index contributed by atoms with van der Waals surface area (Å²) in [5, 5.41) is 0. The third kappa shape index (κ3) is 3.68. The molecular formula is C9H16N4O4. The molecule has 6 N–H and O–H groups in total. The van der Waals surface area contributed by atoms with Crippen LogP contribution >= 0.6 is 0 Å². The van der Waals surface area contributed by atoms with Gasteiger partial charge in [0.05, 0.1) is 32.2 Å². The van der Waals surface area contributed by atoms with E-state index in [2.05, 4.69) is 0 Å². The highest BCUT2D eigenvalue weighted by Gasteiger charge is 2.35. The van der Waals surface area contributed by atoms with Crippen molar-refractivity contribution < 1.29 is 19.1 Å². The van der Waals surface area contributed by atoms with Gasteiger partial charge in [-0.15, -0.1) is 0 Å². The molecule has 0 radical (unpaired) electrons. The molecule has 1 saturated heterocycles. The zero-order chi connectivity index (χ0) is 13.0. The molecule has 1 rings (SSSR count). The van der Waals surface area contributed by atoms with E-state index in [9.17, 15) is 14.4 Å². The fourth-order valence-corrected chi connectivity index (χ4v) is 1.65. The van der Waals surface area contributed by atoms with Crippen molar-refractivity contribution in [3.63, 3.8) is 0 Å². The minimum absolute atomic E-state index is 0.175. The Balaban J connectivity index is 2.70. The Hall–Kier alpha value is -1.67. The highest BCUT2D eigenvalue weighted by atomic mass is 16.5. The van der Waals surface area contributed by atoms with Crippen molar-refractivity contribution in [1.29, 1.82) is 0 Å². The van der Waals surface area contributed by atoms with Crippen molar-refractivity contribution in [1.82, 2.24) is 4.90 Å². The summed E-state index contributed by atoms with van der Waals surface area (Å²) < 4.78 is 5.05. The van der Waals surface area contributed by atoms with Crippen molar-refractivity contribution in [2.75, 3.05) is 26.3 Å². The standard InChI is InChI=1S/C9H16N4O4/c10-6-4-17-3-5(6)9(16)13(1-7(11)14)2-8(12)15/h5-6H,1-4,10H2,(H2,11,14)(H2,12,15). The van der Waals surface area contributed by atoms with Gasteiger partial charge in [0.1, 0.15) is 0 Å². The Bertz CT molecular complexity index is 317. The number of rotatable bonds is 5. The summed E-state index contributed by atoms with van der Waals surface area (Å²) >= 11 is 0. The third-order valence-electron chi connectivity index (χ3n) is 2.45. The number of amides is 3. The van der Waals surface area contributed by atoms with Crippen LogP contribution in [0.3, 0.4) is 0 Å². The van der Waals surface area contributed by atoms with Gasteiger partial charge in [0.2, 0.25) is 17.7 Å². The van der Waals surface area contributed by atoms with Crippen LogP contribution in [0.4, 0.5) is 0 Å². The molecule has 17 heavy (non-hydrogen) atoms. The lowest BCUT2D eigenvalue weighted by Gasteiger charge is -2.23. The van der Waals surface area contributed by atoms with Crippen LogP contribution in [0.15, 0.2) is 0 Å². The van der Waals surface area contributed by atoms with E-state index in [1.165, 1.54) is 0 Å². The number of nitrogens with zero attached hydrogens (tertiary/aromatic N) is 1. The largest absolute Gasteiger partial charge is 0.379 e. The number of carbonyl (C=O) groups excluding carboxylic acids is 3. The molecular weight excluding hydrogens is 228 g/mol. The van der Waals surface area contributed by atoms with Crippen LogP contribution in [-0.2, 0) is 19.1 Å². The molecule has 2 atom stereocenters. The van der Waals surface area contributed by atoms with E-state index in [1.807, 2.05) is 0 Å². The predicted octanol–water partition coefficient (Wildman–Crippen LogP) is -3.24. The molecule has 0 aliphatic carbocycles. The lowest BCUT2D eigenvalue weighted by Crippen LogP contribution is -2.49. The molecule has 0 aromatic heterocycles. The second-order valence-corrected chi connectivity index (χ2v) is 3.93. The molecule has 1 fully saturated rings. The summed E-state index contributed by atoms with van der Waals surface area (Å²) in [7, 11) is 0. The van der Waals surface area contributed by atoms with Gasteiger partial charge < -0.3 is 26.8 Å². The highest BCUT2D eigenvalue weighted by Crippen LogP contribution is 2.14. The average Bonchev–Trinajstić information content (AvgIpc) is 2.61. The molecule has 0 saturated carbocycles. The smallest absolute Gasteiger partial charge is 0.237 e. The molecule has 0 aromatic rings. The molecule has 1 aliphatic heterocycles. The van der Waals surface area contributed by atoms with Crippen molar-refractivity contribution in [2.45, 2.75) is 6.04 Å². The Morgan fingerprint density at radius 1 is 1.12 bits per heavy atom. The van der Waals surface area contributed by atoms with E-state index in [1.54, 1.807) is 0 Å². The first-order valence-electron chi connectivity index (χ1n) is 5.10. The molecule has 8 nitrogen and oxygen atoms in total. The number of ether oxygens (including phenoxy) is 1. The Morgan fingerprint density at radius 2 is 1.65 bits per heavy atom. The van der Waals surface area contributed by atoms with Gasteiger partial charge >= 0.3 is 0 Å². The monoisotopic (exact) mass is 244 g/mol. The van der Waals surface area contributed by atoms with Gasteiger partial charge in [-0.1, -0.05) is 0 Å². The van der Waals surface area contributed by atoms with E-state index < -0.39 is 29.7 Å². The van der Waals surface area contributed by atoms with Gasteiger partial charge in [-0.25, -0.2) is 0 Å². The molecule has 0 bridgehead atoms. The second kappa shape index (κ2) is 5.60. The van der Waals surface area contributed by atoms with Crippen molar-refractivity contribution in [3.8, 4) is 0 Å². The molecule has 3 amide bonds. The lowest BCUT2D eigenvalue weighted by molar-refractivity contribution is -0.141. The van der Waals surface area contributed by atoms with E-state index in [-0.39, 0.29) is 26.3 Å². The van der Waals surface area contributed by atoms with Crippen LogP contribution in [0.5, 0.6) is 0 Å². The first-order chi connectivity index (χ1) is 7.91. The van der Waals surface area contributed by atoms with Crippen LogP contribution < -0.4 is 17.2 Å². The van der Waals surface area contributed by atoms with E-state index in [0.29, 0.717) is 0 Å². The van der Waals surface area contributed by atoms with E-state index in [0.717, 1.165) is 4.90 Å². The van der Waals surface area contributed by atoms with Crippen LogP contribution in [-0.4, -0.2) is 55.0 Å². The zero-order valence-corrected chi connectivity index (χ0v) is 9.30. The van der Waals surface area contributed by atoms with Gasteiger partial charge in [-0.05, 0) is 0 Å². The minimum atomic E-state index is -0.716. The summed E-state index contributed by atoms with van der Waals surface area (Å²) in [6.45, 7) is -0.263. The lowest BCUT2D eigenvalue weighted by atomic mass is 10.0. The van der Waals surface area contributed by atoms with Gasteiger partial charge in [0.15, 0.2) is 0 Å². The van der Waals surface area contributed by atoms with Crippen LogP contribution in [0, 0.1) is 5.92 Å². The Kier molecular flexibility index (Phi) is 4.41. The van der Waals surface area contributed by atoms with Gasteiger partial charge in [-0.3, -0.25) is 14.4 Å². The van der Waals surface area contributed by atoms with Crippen LogP contribution in [0.25, 0.3) is 0 Å². The summed E-state index contributed by atoms with van der Waals surface area (Å²) in [5.41, 5.74) is 15.7. The fraction of sp³-hybridized carbons (Fsp3) is 0.667. The maximum Gasteiger partial charge on any atom is 0.237 e.